The van der Waals surface area contributed by atoms with Crippen LogP contribution in [0.2, 0.25) is 0 Å². The summed E-state index contributed by atoms with van der Waals surface area (Å²) >= 11 is 0. The van der Waals surface area contributed by atoms with Gasteiger partial charge in [0, 0.05) is 12.0 Å². The molecule has 0 aromatic heterocycles. The average molecular weight is 389 g/mol. The Hall–Kier alpha value is -3.51. The maximum absolute atomic E-state index is 12.8. The minimum atomic E-state index is -0.916. The molecule has 0 aliphatic heterocycles. The standard InChI is InChI=1S/C23H23N3O3/c1-15(24)21(27)25-20(13-16-7-3-2-4-8-16)23(29)26-22(28)19-12-11-17-9-5-6-10-18(17)14-19/h2-12,14-15,20H,13,24H2,1H3,(H,25,27)(H,26,28,29)/t15-,20-/m0/s1. The van der Waals surface area contributed by atoms with Gasteiger partial charge in [0.05, 0.1) is 6.04 Å². The maximum Gasteiger partial charge on any atom is 0.257 e. The number of nitrogens with two attached hydrogens (primary N) is 1. The summed E-state index contributed by atoms with van der Waals surface area (Å²) in [4.78, 5) is 37.4. The van der Waals surface area contributed by atoms with Gasteiger partial charge in [-0.15, -0.1) is 0 Å². The second kappa shape index (κ2) is 9.12. The second-order valence-electron chi connectivity index (χ2n) is 6.92. The summed E-state index contributed by atoms with van der Waals surface area (Å²) in [7, 11) is 0. The lowest BCUT2D eigenvalue weighted by Gasteiger charge is -2.19. The van der Waals surface area contributed by atoms with Crippen LogP contribution in [0.5, 0.6) is 0 Å². The Bertz CT molecular complexity index is 1030. The first kappa shape index (κ1) is 20.2. The van der Waals surface area contributed by atoms with E-state index in [0.29, 0.717) is 5.56 Å². The van der Waals surface area contributed by atoms with Gasteiger partial charge in [0.1, 0.15) is 6.04 Å². The Labute approximate surface area is 169 Å². The molecule has 0 spiro atoms. The molecule has 3 aromatic rings. The maximum atomic E-state index is 12.8. The smallest absolute Gasteiger partial charge is 0.257 e. The highest BCUT2D eigenvalue weighted by Crippen LogP contribution is 2.15. The van der Waals surface area contributed by atoms with Crippen molar-refractivity contribution >= 4 is 28.5 Å². The molecular formula is C23H23N3O3. The number of fused-ring (bicyclic) bond motifs is 1. The van der Waals surface area contributed by atoms with Crippen LogP contribution >= 0.6 is 0 Å². The van der Waals surface area contributed by atoms with Crippen LogP contribution in [-0.4, -0.2) is 29.8 Å². The highest BCUT2D eigenvalue weighted by molar-refractivity contribution is 6.08. The molecule has 3 amide bonds. The van der Waals surface area contributed by atoms with Gasteiger partial charge in [0.2, 0.25) is 11.8 Å². The Morgan fingerprint density at radius 1 is 0.862 bits per heavy atom. The second-order valence-corrected chi connectivity index (χ2v) is 6.92. The molecule has 0 aliphatic carbocycles. The van der Waals surface area contributed by atoms with E-state index in [1.54, 1.807) is 12.1 Å². The molecule has 29 heavy (non-hydrogen) atoms. The van der Waals surface area contributed by atoms with Gasteiger partial charge in [-0.25, -0.2) is 0 Å². The normalized spacial score (nSPS) is 12.8. The fourth-order valence-electron chi connectivity index (χ4n) is 2.96. The lowest BCUT2D eigenvalue weighted by molar-refractivity contribution is -0.128. The third kappa shape index (κ3) is 5.27. The van der Waals surface area contributed by atoms with Crippen molar-refractivity contribution in [2.75, 3.05) is 0 Å². The first-order valence-corrected chi connectivity index (χ1v) is 9.38. The Kier molecular flexibility index (Phi) is 6.36. The molecule has 0 saturated heterocycles. The van der Waals surface area contributed by atoms with Gasteiger partial charge in [-0.3, -0.25) is 19.7 Å². The van der Waals surface area contributed by atoms with Crippen molar-refractivity contribution in [3.05, 3.63) is 83.9 Å². The zero-order chi connectivity index (χ0) is 20.8. The monoisotopic (exact) mass is 389 g/mol. The van der Waals surface area contributed by atoms with Gasteiger partial charge < -0.3 is 11.1 Å². The van der Waals surface area contributed by atoms with Crippen LogP contribution in [0.15, 0.2) is 72.8 Å². The molecule has 0 bridgehead atoms. The van der Waals surface area contributed by atoms with Crippen molar-refractivity contribution in [1.29, 1.82) is 0 Å². The van der Waals surface area contributed by atoms with E-state index >= 15 is 0 Å². The minimum Gasteiger partial charge on any atom is -0.343 e. The average Bonchev–Trinajstić information content (AvgIpc) is 2.73. The third-order valence-electron chi connectivity index (χ3n) is 4.58. The van der Waals surface area contributed by atoms with E-state index in [2.05, 4.69) is 10.6 Å². The van der Waals surface area contributed by atoms with Crippen LogP contribution in [0.25, 0.3) is 10.8 Å². The van der Waals surface area contributed by atoms with Crippen LogP contribution in [0.4, 0.5) is 0 Å². The first-order chi connectivity index (χ1) is 13.9. The molecule has 0 aliphatic rings. The number of imide groups is 1. The topological polar surface area (TPSA) is 101 Å². The molecule has 0 unspecified atom stereocenters. The van der Waals surface area contributed by atoms with Gasteiger partial charge >= 0.3 is 0 Å². The van der Waals surface area contributed by atoms with Crippen LogP contribution < -0.4 is 16.4 Å². The van der Waals surface area contributed by atoms with E-state index < -0.39 is 29.8 Å². The lowest BCUT2D eigenvalue weighted by atomic mass is 10.0. The number of nitrogens with one attached hydrogen (secondary N) is 2. The first-order valence-electron chi connectivity index (χ1n) is 9.38. The van der Waals surface area contributed by atoms with Crippen LogP contribution in [0, 0.1) is 0 Å². The highest BCUT2D eigenvalue weighted by atomic mass is 16.2. The van der Waals surface area contributed by atoms with E-state index in [4.69, 9.17) is 5.73 Å². The number of carbonyl (C=O) groups excluding carboxylic acids is 3. The highest BCUT2D eigenvalue weighted by Gasteiger charge is 2.24. The van der Waals surface area contributed by atoms with Gasteiger partial charge in [0.15, 0.2) is 0 Å². The molecular weight excluding hydrogens is 366 g/mol. The number of benzene rings is 3. The molecule has 0 saturated carbocycles. The molecule has 6 heteroatoms. The molecule has 0 heterocycles. The van der Waals surface area contributed by atoms with Gasteiger partial charge in [-0.1, -0.05) is 60.7 Å². The number of amides is 3. The summed E-state index contributed by atoms with van der Waals surface area (Å²) in [6, 6.07) is 20.4. The number of hydrogen-bond acceptors (Lipinski definition) is 4. The van der Waals surface area contributed by atoms with Gasteiger partial charge in [-0.05, 0) is 35.4 Å². The number of hydrogen-bond donors (Lipinski definition) is 3. The van der Waals surface area contributed by atoms with Crippen molar-refractivity contribution in [3.8, 4) is 0 Å². The molecule has 2 atom stereocenters. The van der Waals surface area contributed by atoms with Crippen LogP contribution in [-0.2, 0) is 16.0 Å². The van der Waals surface area contributed by atoms with E-state index in [1.165, 1.54) is 6.92 Å². The van der Waals surface area contributed by atoms with Crippen LogP contribution in [0.1, 0.15) is 22.8 Å². The molecule has 0 fully saturated rings. The fraction of sp³-hybridized carbons (Fsp3) is 0.174. The van der Waals surface area contributed by atoms with E-state index in [1.807, 2.05) is 60.7 Å². The Balaban J connectivity index is 1.76. The summed E-state index contributed by atoms with van der Waals surface area (Å²) in [5.41, 5.74) is 6.84. The Morgan fingerprint density at radius 3 is 2.21 bits per heavy atom. The van der Waals surface area contributed by atoms with E-state index in [9.17, 15) is 14.4 Å². The molecule has 3 aromatic carbocycles. The zero-order valence-corrected chi connectivity index (χ0v) is 16.1. The Morgan fingerprint density at radius 2 is 1.52 bits per heavy atom. The van der Waals surface area contributed by atoms with Crippen LogP contribution in [0.3, 0.4) is 0 Å². The summed E-state index contributed by atoms with van der Waals surface area (Å²) in [5.74, 6) is -1.56. The lowest BCUT2D eigenvalue weighted by Crippen LogP contribution is -2.52. The molecule has 4 N–H and O–H groups in total. The summed E-state index contributed by atoms with van der Waals surface area (Å²) in [6.07, 6.45) is 0.246. The zero-order valence-electron chi connectivity index (χ0n) is 16.1. The van der Waals surface area contributed by atoms with Crippen molar-refractivity contribution in [2.45, 2.75) is 25.4 Å². The third-order valence-corrected chi connectivity index (χ3v) is 4.58. The van der Waals surface area contributed by atoms with Crippen molar-refractivity contribution in [3.63, 3.8) is 0 Å². The summed E-state index contributed by atoms with van der Waals surface area (Å²) in [5, 5.41) is 6.92. The van der Waals surface area contributed by atoms with E-state index in [0.717, 1.165) is 16.3 Å². The van der Waals surface area contributed by atoms with Crippen molar-refractivity contribution in [1.82, 2.24) is 10.6 Å². The van der Waals surface area contributed by atoms with Crippen molar-refractivity contribution in [2.24, 2.45) is 5.73 Å². The van der Waals surface area contributed by atoms with Gasteiger partial charge in [-0.2, -0.15) is 0 Å². The predicted octanol–water partition coefficient (Wildman–Crippen LogP) is 2.17. The summed E-state index contributed by atoms with van der Waals surface area (Å²) in [6.45, 7) is 1.53. The van der Waals surface area contributed by atoms with Crippen molar-refractivity contribution < 1.29 is 14.4 Å². The SMILES string of the molecule is C[C@H](N)C(=O)N[C@@H](Cc1ccccc1)C(=O)NC(=O)c1ccc2ccccc2c1. The molecule has 6 nitrogen and oxygen atoms in total. The fourth-order valence-corrected chi connectivity index (χ4v) is 2.96. The van der Waals surface area contributed by atoms with Gasteiger partial charge in [0.25, 0.3) is 5.91 Å². The molecule has 148 valence electrons. The summed E-state index contributed by atoms with van der Waals surface area (Å²) < 4.78 is 0. The number of rotatable bonds is 6. The predicted molar refractivity (Wildman–Crippen MR) is 112 cm³/mol. The minimum absolute atomic E-state index is 0.246. The number of carbonyl (C=O) groups is 3. The van der Waals surface area contributed by atoms with E-state index in [-0.39, 0.29) is 6.42 Å². The quantitative estimate of drug-likeness (QED) is 0.601. The molecule has 0 radical (unpaired) electrons. The largest absolute Gasteiger partial charge is 0.343 e. The molecule has 3 rings (SSSR count).